The van der Waals surface area contributed by atoms with E-state index in [0.29, 0.717) is 0 Å². The normalized spacial score (nSPS) is 12.5. The average molecular weight is 476 g/mol. The molecule has 0 fully saturated rings. The van der Waals surface area contributed by atoms with E-state index >= 15 is 0 Å². The summed E-state index contributed by atoms with van der Waals surface area (Å²) in [6.07, 6.45) is 5.61. The number of hydrogen-bond acceptors (Lipinski definition) is 2. The third-order valence-corrected chi connectivity index (χ3v) is 5.17. The van der Waals surface area contributed by atoms with Gasteiger partial charge in [0.15, 0.2) is 0 Å². The Balaban J connectivity index is 0.00000150. The molecule has 3 aromatic carbocycles. The SMILES string of the molecule is CN(C)CC1=CCC(c2ccc3ccccc3c2-c2ccccc2CO)=C1.Cl.Cl.[Ti]. The Morgan fingerprint density at radius 1 is 0.867 bits per heavy atom. The number of halogens is 2. The van der Waals surface area contributed by atoms with Crippen LogP contribution in [0.3, 0.4) is 0 Å². The smallest absolute Gasteiger partial charge is 0.0687 e. The molecule has 156 valence electrons. The van der Waals surface area contributed by atoms with Crippen LogP contribution in [0.15, 0.2) is 78.4 Å². The van der Waals surface area contributed by atoms with Crippen molar-refractivity contribution in [3.63, 3.8) is 0 Å². The van der Waals surface area contributed by atoms with Crippen LogP contribution in [0.4, 0.5) is 0 Å². The molecular formula is C25H27Cl2NOTi. The first-order chi connectivity index (χ1) is 13.2. The van der Waals surface area contributed by atoms with Gasteiger partial charge in [-0.1, -0.05) is 72.8 Å². The van der Waals surface area contributed by atoms with Crippen molar-refractivity contribution in [3.05, 3.63) is 89.5 Å². The molecule has 2 nitrogen and oxygen atoms in total. The van der Waals surface area contributed by atoms with Gasteiger partial charge in [-0.15, -0.1) is 24.8 Å². The molecule has 0 aliphatic heterocycles. The molecule has 0 amide bonds. The van der Waals surface area contributed by atoms with Gasteiger partial charge in [-0.05, 0) is 64.7 Å². The molecule has 0 atom stereocenters. The molecule has 0 aromatic heterocycles. The zero-order chi connectivity index (χ0) is 18.8. The largest absolute Gasteiger partial charge is 0.392 e. The second kappa shape index (κ2) is 11.9. The van der Waals surface area contributed by atoms with Crippen LogP contribution in [-0.4, -0.2) is 30.6 Å². The number of rotatable bonds is 5. The van der Waals surface area contributed by atoms with Gasteiger partial charge >= 0.3 is 0 Å². The monoisotopic (exact) mass is 475 g/mol. The van der Waals surface area contributed by atoms with Crippen LogP contribution < -0.4 is 0 Å². The molecular weight excluding hydrogens is 449 g/mol. The third-order valence-electron chi connectivity index (χ3n) is 5.17. The van der Waals surface area contributed by atoms with Gasteiger partial charge in [0.1, 0.15) is 0 Å². The van der Waals surface area contributed by atoms with Crippen molar-refractivity contribution in [1.82, 2.24) is 4.90 Å². The van der Waals surface area contributed by atoms with Crippen molar-refractivity contribution >= 4 is 41.2 Å². The number of hydrogen-bond donors (Lipinski definition) is 1. The summed E-state index contributed by atoms with van der Waals surface area (Å²) in [5.74, 6) is 0. The molecule has 0 radical (unpaired) electrons. The maximum absolute atomic E-state index is 9.92. The first-order valence-electron chi connectivity index (χ1n) is 9.43. The van der Waals surface area contributed by atoms with Gasteiger partial charge in [-0.3, -0.25) is 0 Å². The van der Waals surface area contributed by atoms with Crippen molar-refractivity contribution in [2.45, 2.75) is 13.0 Å². The molecule has 0 bridgehead atoms. The van der Waals surface area contributed by atoms with E-state index in [0.717, 1.165) is 24.1 Å². The third kappa shape index (κ3) is 5.45. The topological polar surface area (TPSA) is 23.5 Å². The molecule has 30 heavy (non-hydrogen) atoms. The minimum absolute atomic E-state index is 0. The van der Waals surface area contributed by atoms with Crippen molar-refractivity contribution in [2.75, 3.05) is 20.6 Å². The molecule has 5 heteroatoms. The molecule has 1 N–H and O–H groups in total. The van der Waals surface area contributed by atoms with Crippen LogP contribution in [0, 0.1) is 0 Å². The molecule has 0 saturated heterocycles. The van der Waals surface area contributed by atoms with E-state index in [1.807, 2.05) is 12.1 Å². The summed E-state index contributed by atoms with van der Waals surface area (Å²) in [5, 5.41) is 12.4. The van der Waals surface area contributed by atoms with E-state index in [2.05, 4.69) is 79.7 Å². The van der Waals surface area contributed by atoms with Gasteiger partial charge in [-0.25, -0.2) is 0 Å². The Morgan fingerprint density at radius 2 is 1.57 bits per heavy atom. The van der Waals surface area contributed by atoms with E-state index < -0.39 is 0 Å². The van der Waals surface area contributed by atoms with E-state index in [1.165, 1.54) is 33.0 Å². The van der Waals surface area contributed by atoms with Crippen molar-refractivity contribution in [2.24, 2.45) is 0 Å². The predicted octanol–water partition coefficient (Wildman–Crippen LogP) is 6.12. The second-order valence-electron chi connectivity index (χ2n) is 7.42. The number of fused-ring (bicyclic) bond motifs is 1. The first-order valence-corrected chi connectivity index (χ1v) is 9.43. The molecule has 1 aliphatic rings. The molecule has 4 rings (SSSR count). The van der Waals surface area contributed by atoms with E-state index in [1.54, 1.807) is 0 Å². The van der Waals surface area contributed by atoms with Gasteiger partial charge in [0.25, 0.3) is 0 Å². The summed E-state index contributed by atoms with van der Waals surface area (Å²) in [6, 6.07) is 21.1. The van der Waals surface area contributed by atoms with Gasteiger partial charge in [0, 0.05) is 28.3 Å². The standard InChI is InChI=1S/C25H25NO.2ClH.Ti/c1-26(2)16-18-11-12-20(15-18)24-14-13-19-7-3-5-9-22(19)25(24)23-10-6-4-8-21(23)17-27;;;/h3-11,13-15,27H,12,16-17H2,1-2H3;2*1H;. The predicted molar refractivity (Wildman–Crippen MR) is 129 cm³/mol. The zero-order valence-corrected chi connectivity index (χ0v) is 20.5. The Morgan fingerprint density at radius 3 is 2.30 bits per heavy atom. The summed E-state index contributed by atoms with van der Waals surface area (Å²) < 4.78 is 0. The van der Waals surface area contributed by atoms with Crippen LogP contribution in [0.25, 0.3) is 27.5 Å². The number of aliphatic hydroxyl groups is 1. The quantitative estimate of drug-likeness (QED) is 0.449. The van der Waals surface area contributed by atoms with E-state index in [-0.39, 0.29) is 53.1 Å². The van der Waals surface area contributed by atoms with Crippen LogP contribution in [-0.2, 0) is 28.3 Å². The van der Waals surface area contributed by atoms with Crippen molar-refractivity contribution in [3.8, 4) is 11.1 Å². The summed E-state index contributed by atoms with van der Waals surface area (Å²) in [7, 11) is 4.21. The van der Waals surface area contributed by atoms with E-state index in [4.69, 9.17) is 0 Å². The summed E-state index contributed by atoms with van der Waals surface area (Å²) in [6.45, 7) is 1.00. The minimum Gasteiger partial charge on any atom is -0.392 e. The number of allylic oxidation sites excluding steroid dienone is 2. The fraction of sp³-hybridized carbons (Fsp3) is 0.200. The molecule has 0 unspecified atom stereocenters. The summed E-state index contributed by atoms with van der Waals surface area (Å²) >= 11 is 0. The number of nitrogens with zero attached hydrogens (tertiary/aromatic N) is 1. The van der Waals surface area contributed by atoms with Crippen molar-refractivity contribution < 1.29 is 26.8 Å². The van der Waals surface area contributed by atoms with Gasteiger partial charge < -0.3 is 10.0 Å². The summed E-state index contributed by atoms with van der Waals surface area (Å²) in [4.78, 5) is 2.20. The van der Waals surface area contributed by atoms with Crippen LogP contribution in [0.2, 0.25) is 0 Å². The first kappa shape index (κ1) is 26.6. The van der Waals surface area contributed by atoms with E-state index in [9.17, 15) is 5.11 Å². The summed E-state index contributed by atoms with van der Waals surface area (Å²) in [5.41, 5.74) is 7.29. The fourth-order valence-electron chi connectivity index (χ4n) is 3.98. The molecule has 0 spiro atoms. The maximum atomic E-state index is 9.92. The van der Waals surface area contributed by atoms with Crippen LogP contribution >= 0.6 is 24.8 Å². The molecule has 0 heterocycles. The van der Waals surface area contributed by atoms with Crippen molar-refractivity contribution in [1.29, 1.82) is 0 Å². The van der Waals surface area contributed by atoms with Gasteiger partial charge in [0.2, 0.25) is 0 Å². The number of benzene rings is 3. The second-order valence-corrected chi connectivity index (χ2v) is 7.42. The number of likely N-dealkylation sites (N-methyl/N-ethyl adjacent to an activating group) is 1. The Hall–Kier alpha value is -1.39. The average Bonchev–Trinajstić information content (AvgIpc) is 3.14. The van der Waals surface area contributed by atoms with Gasteiger partial charge in [0.05, 0.1) is 6.61 Å². The van der Waals surface area contributed by atoms with Gasteiger partial charge in [-0.2, -0.15) is 0 Å². The Kier molecular flexibility index (Phi) is 10.5. The van der Waals surface area contributed by atoms with Crippen LogP contribution in [0.5, 0.6) is 0 Å². The Labute approximate surface area is 206 Å². The maximum Gasteiger partial charge on any atom is 0.0687 e. The van der Waals surface area contributed by atoms with Crippen LogP contribution in [0.1, 0.15) is 17.5 Å². The number of aliphatic hydroxyl groups excluding tert-OH is 1. The minimum atomic E-state index is 0. The Bertz CT molecular complexity index is 1060. The zero-order valence-electron chi connectivity index (χ0n) is 17.3. The molecule has 0 saturated carbocycles. The molecule has 1 aliphatic carbocycles. The molecule has 3 aromatic rings. The fourth-order valence-corrected chi connectivity index (χ4v) is 3.98.